The quantitative estimate of drug-likeness (QED) is 0.323. The van der Waals surface area contributed by atoms with Crippen LogP contribution in [-0.4, -0.2) is 32.5 Å². The van der Waals surface area contributed by atoms with E-state index in [1.165, 1.54) is 50.5 Å². The van der Waals surface area contributed by atoms with Crippen LogP contribution in [0.15, 0.2) is 36.7 Å². The average molecular weight is 400 g/mol. The van der Waals surface area contributed by atoms with Crippen molar-refractivity contribution >= 4 is 14.5 Å². The molecule has 0 amide bonds. The molecule has 0 aliphatic carbocycles. The molecule has 0 saturated carbocycles. The highest BCUT2D eigenvalue weighted by molar-refractivity contribution is 6.61. The van der Waals surface area contributed by atoms with Gasteiger partial charge in [0.25, 0.3) is 0 Å². The van der Waals surface area contributed by atoms with Gasteiger partial charge >= 0.3 is 9.28 Å². The molecule has 153 valence electrons. The summed E-state index contributed by atoms with van der Waals surface area (Å²) in [4.78, 5) is 9.08. The minimum Gasteiger partial charge on any atom is -0.390 e. The minimum atomic E-state index is -1.46. The Morgan fingerprint density at radius 2 is 1.36 bits per heavy atom. The van der Waals surface area contributed by atoms with Gasteiger partial charge in [0, 0.05) is 25.6 Å². The van der Waals surface area contributed by atoms with Crippen LogP contribution in [-0.2, 0) is 15.3 Å². The van der Waals surface area contributed by atoms with Gasteiger partial charge in [-0.1, -0.05) is 45.4 Å². The molecule has 0 bridgehead atoms. The maximum atomic E-state index is 5.81. The Morgan fingerprint density at radius 3 is 2.04 bits per heavy atom. The zero-order valence-electron chi connectivity index (χ0n) is 17.7. The first-order valence-electron chi connectivity index (χ1n) is 10.8. The van der Waals surface area contributed by atoms with Crippen molar-refractivity contribution in [3.63, 3.8) is 0 Å². The zero-order valence-corrected chi connectivity index (χ0v) is 18.7. The minimum absolute atomic E-state index is 0.651. The Bertz CT molecular complexity index is 675. The van der Waals surface area contributed by atoms with Crippen LogP contribution >= 0.6 is 0 Å². The van der Waals surface area contributed by atoms with Crippen LogP contribution in [0.4, 0.5) is 0 Å². The smallest absolute Gasteiger partial charge is 0.390 e. The van der Waals surface area contributed by atoms with Crippen molar-refractivity contribution in [2.75, 3.05) is 13.2 Å². The van der Waals surface area contributed by atoms with Crippen molar-refractivity contribution < 1.29 is 8.85 Å². The molecule has 2 aromatic rings. The number of aromatic nitrogens is 2. The van der Waals surface area contributed by atoms with E-state index in [2.05, 4.69) is 35.1 Å². The van der Waals surface area contributed by atoms with Crippen molar-refractivity contribution in [3.8, 4) is 11.4 Å². The predicted molar refractivity (Wildman–Crippen MR) is 118 cm³/mol. The van der Waals surface area contributed by atoms with Gasteiger partial charge in [0.1, 0.15) is 0 Å². The molecule has 0 aromatic carbocycles. The van der Waals surface area contributed by atoms with Crippen LogP contribution in [0.25, 0.3) is 11.4 Å². The first-order valence-corrected chi connectivity index (χ1v) is 12.1. The summed E-state index contributed by atoms with van der Waals surface area (Å²) in [5, 5.41) is 1.08. The maximum absolute atomic E-state index is 5.81. The van der Waals surface area contributed by atoms with Gasteiger partial charge in [-0.2, -0.15) is 0 Å². The van der Waals surface area contributed by atoms with E-state index >= 15 is 0 Å². The summed E-state index contributed by atoms with van der Waals surface area (Å²) in [6.45, 7) is 7.57. The van der Waals surface area contributed by atoms with E-state index in [4.69, 9.17) is 8.85 Å². The topological polar surface area (TPSA) is 44.2 Å². The lowest BCUT2D eigenvalue weighted by Gasteiger charge is -2.14. The highest BCUT2D eigenvalue weighted by Crippen LogP contribution is 2.17. The standard InChI is InChI=1S/C23H35N2O2Si/c1-4-7-8-9-10-11-12-13-20-14-16-24-22(18-20)23-19-21(15-17-25-23)28(26-5-2)27-6-3/h14-19H,4-13H2,1-3H3. The first-order chi connectivity index (χ1) is 13.8. The van der Waals surface area contributed by atoms with Crippen molar-refractivity contribution in [2.24, 2.45) is 0 Å². The van der Waals surface area contributed by atoms with Gasteiger partial charge in [0.2, 0.25) is 0 Å². The molecule has 0 unspecified atom stereocenters. The molecule has 0 aliphatic heterocycles. The first kappa shape index (κ1) is 22.7. The van der Waals surface area contributed by atoms with E-state index in [1.54, 1.807) is 0 Å². The van der Waals surface area contributed by atoms with Gasteiger partial charge in [-0.15, -0.1) is 0 Å². The summed E-state index contributed by atoms with van der Waals surface area (Å²) >= 11 is 0. The van der Waals surface area contributed by atoms with Crippen molar-refractivity contribution in [1.29, 1.82) is 0 Å². The molecule has 28 heavy (non-hydrogen) atoms. The van der Waals surface area contributed by atoms with Gasteiger partial charge in [-0.05, 0) is 61.7 Å². The molecule has 0 fully saturated rings. The van der Waals surface area contributed by atoms with E-state index in [1.807, 2.05) is 32.3 Å². The number of nitrogens with zero attached hydrogens (tertiary/aromatic N) is 2. The largest absolute Gasteiger partial charge is 0.423 e. The SMILES string of the molecule is CCCCCCCCCc1ccnc(-c2cc([Si](OCC)OCC)ccn2)c1. The fourth-order valence-electron chi connectivity index (χ4n) is 3.22. The van der Waals surface area contributed by atoms with Crippen LogP contribution in [0.3, 0.4) is 0 Å². The molecule has 0 N–H and O–H groups in total. The van der Waals surface area contributed by atoms with Crippen molar-refractivity contribution in [1.82, 2.24) is 9.97 Å². The monoisotopic (exact) mass is 399 g/mol. The van der Waals surface area contributed by atoms with Crippen molar-refractivity contribution in [3.05, 3.63) is 42.2 Å². The molecule has 2 heterocycles. The number of hydrogen-bond acceptors (Lipinski definition) is 4. The third kappa shape index (κ3) is 7.82. The Morgan fingerprint density at radius 1 is 0.750 bits per heavy atom. The summed E-state index contributed by atoms with van der Waals surface area (Å²) < 4.78 is 11.6. The number of pyridine rings is 2. The van der Waals surface area contributed by atoms with E-state index in [0.29, 0.717) is 13.2 Å². The van der Waals surface area contributed by atoms with Crippen LogP contribution in [0.2, 0.25) is 0 Å². The Hall–Kier alpha value is -1.56. The summed E-state index contributed by atoms with van der Waals surface area (Å²) in [6, 6.07) is 8.36. The molecule has 2 rings (SSSR count). The van der Waals surface area contributed by atoms with Crippen LogP contribution in [0, 0.1) is 0 Å². The lowest BCUT2D eigenvalue weighted by atomic mass is 10.0. The molecule has 0 saturated heterocycles. The summed E-state index contributed by atoms with van der Waals surface area (Å²) in [5.41, 5.74) is 3.16. The van der Waals surface area contributed by atoms with Gasteiger partial charge in [-0.25, -0.2) is 0 Å². The number of rotatable bonds is 14. The molecule has 4 nitrogen and oxygen atoms in total. The average Bonchev–Trinajstić information content (AvgIpc) is 2.73. The molecule has 1 radical (unpaired) electrons. The van der Waals surface area contributed by atoms with E-state index < -0.39 is 9.28 Å². The molecule has 5 heteroatoms. The van der Waals surface area contributed by atoms with Gasteiger partial charge in [0.05, 0.1) is 11.4 Å². The third-order valence-corrected chi connectivity index (χ3v) is 6.59. The fourth-order valence-corrected chi connectivity index (χ4v) is 4.63. The second-order valence-electron chi connectivity index (χ2n) is 7.00. The Balaban J connectivity index is 1.96. The maximum Gasteiger partial charge on any atom is 0.423 e. The number of unbranched alkanes of at least 4 members (excludes halogenated alkanes) is 6. The Kier molecular flexibility index (Phi) is 11.0. The van der Waals surface area contributed by atoms with Gasteiger partial charge in [0.15, 0.2) is 0 Å². The van der Waals surface area contributed by atoms with Crippen LogP contribution < -0.4 is 5.19 Å². The number of aryl methyl sites for hydroxylation is 1. The molecule has 0 aliphatic rings. The zero-order chi connectivity index (χ0) is 20.0. The molecule has 0 atom stereocenters. The van der Waals surface area contributed by atoms with Crippen molar-refractivity contribution in [2.45, 2.75) is 72.1 Å². The third-order valence-electron chi connectivity index (χ3n) is 4.70. The highest BCUT2D eigenvalue weighted by atomic mass is 28.3. The molecular formula is C23H35N2O2Si. The second-order valence-corrected chi connectivity index (χ2v) is 8.73. The number of hydrogen-bond donors (Lipinski definition) is 0. The molecule has 2 aromatic heterocycles. The van der Waals surface area contributed by atoms with Crippen LogP contribution in [0.5, 0.6) is 0 Å². The second kappa shape index (κ2) is 13.6. The van der Waals surface area contributed by atoms with Gasteiger partial charge < -0.3 is 8.85 Å². The van der Waals surface area contributed by atoms with Gasteiger partial charge in [-0.3, -0.25) is 9.97 Å². The van der Waals surface area contributed by atoms with E-state index in [9.17, 15) is 0 Å². The normalized spacial score (nSPS) is 11.3. The fraction of sp³-hybridized carbons (Fsp3) is 0.565. The summed E-state index contributed by atoms with van der Waals surface area (Å²) in [5.74, 6) is 0. The highest BCUT2D eigenvalue weighted by Gasteiger charge is 2.19. The summed E-state index contributed by atoms with van der Waals surface area (Å²) in [6.07, 6.45) is 14.2. The lowest BCUT2D eigenvalue weighted by molar-refractivity contribution is 0.225. The van der Waals surface area contributed by atoms with E-state index in [-0.39, 0.29) is 0 Å². The van der Waals surface area contributed by atoms with Crippen LogP contribution in [0.1, 0.15) is 71.3 Å². The predicted octanol–water partition coefficient (Wildman–Crippen LogP) is 5.20. The lowest BCUT2D eigenvalue weighted by Crippen LogP contribution is -2.37. The van der Waals surface area contributed by atoms with E-state index in [0.717, 1.165) is 23.0 Å². The Labute approximate surface area is 172 Å². The summed E-state index contributed by atoms with van der Waals surface area (Å²) in [7, 11) is -1.46. The molecular weight excluding hydrogens is 364 g/mol. The molecule has 0 spiro atoms.